The third-order valence-electron chi connectivity index (χ3n) is 5.80. The lowest BCUT2D eigenvalue weighted by molar-refractivity contribution is -0.190. The number of nitrogens with zero attached hydrogens (tertiary/aromatic N) is 1. The van der Waals surface area contributed by atoms with Crippen LogP contribution in [0.25, 0.3) is 0 Å². The summed E-state index contributed by atoms with van der Waals surface area (Å²) in [4.78, 5) is 37.7. The van der Waals surface area contributed by atoms with E-state index in [2.05, 4.69) is 5.32 Å². The fraction of sp³-hybridized carbons (Fsp3) is 0.348. The van der Waals surface area contributed by atoms with E-state index < -0.39 is 29.7 Å². The fourth-order valence-electron chi connectivity index (χ4n) is 3.76. The Kier molecular flexibility index (Phi) is 6.60. The first-order chi connectivity index (χ1) is 14.8. The minimum absolute atomic E-state index is 0.208. The van der Waals surface area contributed by atoms with Crippen LogP contribution in [0.15, 0.2) is 54.6 Å². The Morgan fingerprint density at radius 3 is 2.26 bits per heavy atom. The van der Waals surface area contributed by atoms with Crippen LogP contribution in [-0.4, -0.2) is 39.2 Å². The molecule has 1 saturated heterocycles. The molecule has 1 aliphatic rings. The van der Waals surface area contributed by atoms with E-state index in [0.717, 1.165) is 10.5 Å². The largest absolute Gasteiger partial charge is 0.479 e. The van der Waals surface area contributed by atoms with Crippen LogP contribution in [0.3, 0.4) is 0 Å². The van der Waals surface area contributed by atoms with Crippen LogP contribution >= 0.6 is 0 Å². The lowest BCUT2D eigenvalue weighted by atomic mass is 9.72. The predicted octanol–water partition coefficient (Wildman–Crippen LogP) is 3.07. The maximum absolute atomic E-state index is 12.9. The standard InChI is InChI=1S/C23H26N2O6/c1-3-23(4-2)20(29)25(22(30)24-14-15-8-6-5-7-9-15)21(23)31-17-12-10-16(11-13-17)18(26)19(27)28/h5-13,18,21,26H,3-4,14H2,1-2H3,(H,24,30)(H,27,28). The van der Waals surface area contributed by atoms with Crippen LogP contribution < -0.4 is 10.1 Å². The number of aliphatic hydroxyl groups is 1. The van der Waals surface area contributed by atoms with Gasteiger partial charge in [0.1, 0.15) is 11.2 Å². The van der Waals surface area contributed by atoms with Gasteiger partial charge < -0.3 is 20.3 Å². The molecule has 0 radical (unpaired) electrons. The van der Waals surface area contributed by atoms with Crippen molar-refractivity contribution in [1.29, 1.82) is 0 Å². The summed E-state index contributed by atoms with van der Waals surface area (Å²) in [6.45, 7) is 4.04. The smallest absolute Gasteiger partial charge is 0.337 e. The van der Waals surface area contributed by atoms with Gasteiger partial charge in [0.05, 0.1) is 0 Å². The molecular weight excluding hydrogens is 400 g/mol. The van der Waals surface area contributed by atoms with Gasteiger partial charge in [0, 0.05) is 6.54 Å². The SMILES string of the molecule is CCC1(CC)C(=O)N(C(=O)NCc2ccccc2)C1Oc1ccc(C(O)C(=O)O)cc1. The molecule has 164 valence electrons. The monoisotopic (exact) mass is 426 g/mol. The number of carbonyl (C=O) groups is 3. The molecule has 8 nitrogen and oxygen atoms in total. The Labute approximate surface area is 180 Å². The highest BCUT2D eigenvalue weighted by molar-refractivity contribution is 6.03. The number of carboxylic acids is 1. The highest BCUT2D eigenvalue weighted by atomic mass is 16.5. The number of hydrogen-bond donors (Lipinski definition) is 3. The molecule has 2 aromatic carbocycles. The first-order valence-electron chi connectivity index (χ1n) is 10.2. The molecule has 3 amide bonds. The van der Waals surface area contributed by atoms with Gasteiger partial charge in [-0.1, -0.05) is 56.3 Å². The zero-order chi connectivity index (χ0) is 22.6. The Hall–Kier alpha value is -3.39. The van der Waals surface area contributed by atoms with Crippen LogP contribution in [0, 0.1) is 5.41 Å². The number of aliphatic carboxylic acids is 1. The highest BCUT2D eigenvalue weighted by Crippen LogP contribution is 2.46. The first kappa shape index (κ1) is 22.3. The number of likely N-dealkylation sites (tertiary alicyclic amines) is 1. The second-order valence-electron chi connectivity index (χ2n) is 7.46. The van der Waals surface area contributed by atoms with E-state index in [1.807, 2.05) is 44.2 Å². The molecule has 0 aromatic heterocycles. The average Bonchev–Trinajstić information content (AvgIpc) is 2.79. The van der Waals surface area contributed by atoms with Crippen LogP contribution in [-0.2, 0) is 16.1 Å². The number of ether oxygens (including phenoxy) is 1. The summed E-state index contributed by atoms with van der Waals surface area (Å²) in [6, 6.07) is 14.7. The lowest BCUT2D eigenvalue weighted by Gasteiger charge is -2.53. The number of carbonyl (C=O) groups excluding carboxylic acids is 2. The van der Waals surface area contributed by atoms with Crippen molar-refractivity contribution in [3.63, 3.8) is 0 Å². The predicted molar refractivity (Wildman–Crippen MR) is 112 cm³/mol. The van der Waals surface area contributed by atoms with Crippen molar-refractivity contribution >= 4 is 17.9 Å². The minimum atomic E-state index is -1.63. The van der Waals surface area contributed by atoms with Gasteiger partial charge in [-0.25, -0.2) is 14.5 Å². The van der Waals surface area contributed by atoms with Gasteiger partial charge in [-0.05, 0) is 36.1 Å². The van der Waals surface area contributed by atoms with E-state index in [-0.39, 0.29) is 18.0 Å². The van der Waals surface area contributed by atoms with E-state index in [1.54, 1.807) is 0 Å². The van der Waals surface area contributed by atoms with Crippen molar-refractivity contribution in [3.8, 4) is 5.75 Å². The van der Waals surface area contributed by atoms with E-state index in [4.69, 9.17) is 9.84 Å². The van der Waals surface area contributed by atoms with Crippen molar-refractivity contribution < 1.29 is 29.3 Å². The normalized spacial score (nSPS) is 18.1. The third-order valence-corrected chi connectivity index (χ3v) is 5.80. The van der Waals surface area contributed by atoms with Crippen molar-refractivity contribution in [1.82, 2.24) is 10.2 Å². The summed E-state index contributed by atoms with van der Waals surface area (Å²) >= 11 is 0. The van der Waals surface area contributed by atoms with Gasteiger partial charge in [0.25, 0.3) is 0 Å². The lowest BCUT2D eigenvalue weighted by Crippen LogP contribution is -2.73. The number of imide groups is 1. The minimum Gasteiger partial charge on any atom is -0.479 e. The number of β-lactam (4-membered cyclic amide) rings is 1. The van der Waals surface area contributed by atoms with Crippen molar-refractivity contribution in [3.05, 3.63) is 65.7 Å². The molecule has 2 atom stereocenters. The summed E-state index contributed by atoms with van der Waals surface area (Å²) in [6.07, 6.45) is -1.41. The van der Waals surface area contributed by atoms with E-state index in [0.29, 0.717) is 18.6 Å². The number of urea groups is 1. The van der Waals surface area contributed by atoms with E-state index in [1.165, 1.54) is 24.3 Å². The number of benzene rings is 2. The van der Waals surface area contributed by atoms with Crippen molar-refractivity contribution in [2.75, 3.05) is 0 Å². The molecule has 3 N–H and O–H groups in total. The summed E-state index contributed by atoms with van der Waals surface area (Å²) in [7, 11) is 0. The van der Waals surface area contributed by atoms with Crippen LogP contribution in [0.2, 0.25) is 0 Å². The Balaban J connectivity index is 1.76. The zero-order valence-corrected chi connectivity index (χ0v) is 17.4. The Bertz CT molecular complexity index is 940. The highest BCUT2D eigenvalue weighted by Gasteiger charge is 2.62. The Morgan fingerprint density at radius 2 is 1.71 bits per heavy atom. The quantitative estimate of drug-likeness (QED) is 0.559. The molecule has 1 heterocycles. The summed E-state index contributed by atoms with van der Waals surface area (Å²) < 4.78 is 6.01. The van der Waals surface area contributed by atoms with Crippen LogP contribution in [0.4, 0.5) is 4.79 Å². The molecule has 1 aliphatic heterocycles. The van der Waals surface area contributed by atoms with Crippen LogP contribution in [0.1, 0.15) is 43.9 Å². The molecule has 0 aliphatic carbocycles. The molecule has 3 rings (SSSR count). The first-order valence-corrected chi connectivity index (χ1v) is 10.2. The number of nitrogens with one attached hydrogen (secondary N) is 1. The fourth-order valence-corrected chi connectivity index (χ4v) is 3.76. The van der Waals surface area contributed by atoms with Gasteiger partial charge in [0.2, 0.25) is 5.91 Å². The second-order valence-corrected chi connectivity index (χ2v) is 7.46. The maximum Gasteiger partial charge on any atom is 0.337 e. The summed E-state index contributed by atoms with van der Waals surface area (Å²) in [5, 5.41) is 21.3. The van der Waals surface area contributed by atoms with E-state index >= 15 is 0 Å². The molecule has 31 heavy (non-hydrogen) atoms. The van der Waals surface area contributed by atoms with Gasteiger partial charge >= 0.3 is 12.0 Å². The maximum atomic E-state index is 12.9. The summed E-state index contributed by atoms with van der Waals surface area (Å²) in [5.41, 5.74) is 0.300. The number of rotatable bonds is 8. The number of amides is 3. The molecule has 8 heteroatoms. The van der Waals surface area contributed by atoms with Crippen molar-refractivity contribution in [2.24, 2.45) is 5.41 Å². The number of hydrogen-bond acceptors (Lipinski definition) is 5. The van der Waals surface area contributed by atoms with E-state index in [9.17, 15) is 19.5 Å². The third kappa shape index (κ3) is 4.25. The average molecular weight is 426 g/mol. The molecule has 0 saturated carbocycles. The molecule has 2 aromatic rings. The number of carboxylic acid groups (broad SMARTS) is 1. The Morgan fingerprint density at radius 1 is 1.10 bits per heavy atom. The zero-order valence-electron chi connectivity index (χ0n) is 17.4. The van der Waals surface area contributed by atoms with Gasteiger partial charge in [0.15, 0.2) is 12.3 Å². The van der Waals surface area contributed by atoms with Gasteiger partial charge in [-0.2, -0.15) is 0 Å². The molecular formula is C23H26N2O6. The second kappa shape index (κ2) is 9.18. The molecule has 2 unspecified atom stereocenters. The molecule has 0 spiro atoms. The number of aliphatic hydroxyl groups excluding tert-OH is 1. The van der Waals surface area contributed by atoms with Gasteiger partial charge in [-0.15, -0.1) is 0 Å². The van der Waals surface area contributed by atoms with Gasteiger partial charge in [-0.3, -0.25) is 4.79 Å². The molecule has 0 bridgehead atoms. The van der Waals surface area contributed by atoms with Crippen molar-refractivity contribution in [2.45, 2.75) is 45.6 Å². The topological polar surface area (TPSA) is 116 Å². The van der Waals surface area contributed by atoms with Crippen LogP contribution in [0.5, 0.6) is 5.75 Å². The molecule has 1 fully saturated rings. The summed E-state index contributed by atoms with van der Waals surface area (Å²) in [5.74, 6) is -1.27.